The fourth-order valence-corrected chi connectivity index (χ4v) is 13.4. The number of pyridine rings is 1. The van der Waals surface area contributed by atoms with Crippen LogP contribution >= 0.6 is 11.6 Å². The van der Waals surface area contributed by atoms with Crippen molar-refractivity contribution in [1.82, 2.24) is 74.7 Å². The maximum Gasteiger partial charge on any atom is 0.272 e. The average Bonchev–Trinajstić information content (AvgIpc) is 1.75. The number of aliphatic imine (C=N–C) groups is 1. The number of nitrogens with two attached hydrogens (primary N) is 1. The van der Waals surface area contributed by atoms with Gasteiger partial charge in [0.2, 0.25) is 0 Å². The first-order chi connectivity index (χ1) is 50.9. The van der Waals surface area contributed by atoms with Gasteiger partial charge in [-0.05, 0) is 146 Å². The number of H-pyrrole nitrogens is 3. The zero-order valence-corrected chi connectivity index (χ0v) is 60.5. The summed E-state index contributed by atoms with van der Waals surface area (Å²) in [5, 5.41) is 43.3. The van der Waals surface area contributed by atoms with E-state index >= 15 is 0 Å². The molecule has 105 heavy (non-hydrogen) atoms. The quantitative estimate of drug-likeness (QED) is 0.0835. The van der Waals surface area contributed by atoms with E-state index < -0.39 is 0 Å². The summed E-state index contributed by atoms with van der Waals surface area (Å²) in [6.45, 7) is 10.6. The number of Topliss-reactive ketones (excluding diaryl/α,β-unsaturated/α-hetero) is 1. The monoisotopic (exact) mass is 1410 g/mol. The number of aromatic amines is 3. The fourth-order valence-electron chi connectivity index (χ4n) is 13.3. The average molecular weight is 1420 g/mol. The first-order valence-corrected chi connectivity index (χ1v) is 34.7. The Balaban J connectivity index is 0.000000124. The van der Waals surface area contributed by atoms with Crippen molar-refractivity contribution < 1.29 is 9.53 Å². The molecule has 0 atom stereocenters. The lowest BCUT2D eigenvalue weighted by molar-refractivity contribution is 0.1000. The summed E-state index contributed by atoms with van der Waals surface area (Å²) in [7, 11) is 9.35. The molecule has 1 aliphatic rings. The minimum absolute atomic E-state index is 0.0358. The van der Waals surface area contributed by atoms with Gasteiger partial charge in [0.05, 0.1) is 93.6 Å². The normalized spacial score (nSPS) is 11.7. The molecule has 0 saturated carbocycles. The predicted molar refractivity (Wildman–Crippen MR) is 416 cm³/mol. The summed E-state index contributed by atoms with van der Waals surface area (Å²) < 4.78 is 12.7. The molecule has 0 radical (unpaired) electrons. The third kappa shape index (κ3) is 14.4. The van der Waals surface area contributed by atoms with Crippen LogP contribution in [0.2, 0.25) is 5.02 Å². The smallest absolute Gasteiger partial charge is 0.272 e. The molecule has 0 spiro atoms. The van der Waals surface area contributed by atoms with Crippen molar-refractivity contribution in [2.45, 2.75) is 53.9 Å². The third-order valence-electron chi connectivity index (χ3n) is 18.8. The molecule has 16 rings (SSSR count). The highest BCUT2D eigenvalue weighted by Gasteiger charge is 2.24. The van der Waals surface area contributed by atoms with Crippen LogP contribution in [0.4, 0.5) is 0 Å². The van der Waals surface area contributed by atoms with Crippen LogP contribution in [0.3, 0.4) is 0 Å². The van der Waals surface area contributed by atoms with Crippen LogP contribution in [0, 0.1) is 13.8 Å². The lowest BCUT2D eigenvalue weighted by Crippen LogP contribution is -2.24. The Morgan fingerprint density at radius 1 is 0.419 bits per heavy atom. The van der Waals surface area contributed by atoms with Crippen molar-refractivity contribution >= 4 is 55.4 Å². The van der Waals surface area contributed by atoms with Crippen LogP contribution in [0.15, 0.2) is 208 Å². The van der Waals surface area contributed by atoms with Crippen molar-refractivity contribution in [2.75, 3.05) is 20.2 Å². The van der Waals surface area contributed by atoms with Gasteiger partial charge in [0.25, 0.3) is 16.7 Å². The van der Waals surface area contributed by atoms with E-state index in [1.165, 1.54) is 5.56 Å². The summed E-state index contributed by atoms with van der Waals surface area (Å²) >= 11 is 6.02. The van der Waals surface area contributed by atoms with E-state index in [2.05, 4.69) is 92.2 Å². The van der Waals surface area contributed by atoms with Gasteiger partial charge in [-0.1, -0.05) is 105 Å². The number of methoxy groups -OCH3 is 1. The number of nitrogens with one attached hydrogen (secondary N) is 3. The number of carbonyl (C=O) groups excluding carboxylic acids is 1. The number of nitrogens with zero attached hydrogens (tertiary/aromatic N) is 13. The van der Waals surface area contributed by atoms with E-state index in [-0.39, 0.29) is 29.0 Å². The number of ether oxygens (including phenoxy) is 1. The topological polar surface area (TPSA) is 286 Å². The van der Waals surface area contributed by atoms with Crippen LogP contribution in [-0.2, 0) is 47.5 Å². The van der Waals surface area contributed by atoms with Crippen LogP contribution < -0.4 is 27.1 Å². The van der Waals surface area contributed by atoms with Crippen molar-refractivity contribution in [3.05, 3.63) is 264 Å². The van der Waals surface area contributed by atoms with Crippen molar-refractivity contribution in [2.24, 2.45) is 38.9 Å². The molecular formula is C82H76ClN17O5. The maximum absolute atomic E-state index is 12.2. The zero-order chi connectivity index (χ0) is 73.7. The third-order valence-corrected chi connectivity index (χ3v) is 19.1. The van der Waals surface area contributed by atoms with Crippen molar-refractivity contribution in [3.8, 4) is 95.3 Å². The highest BCUT2D eigenvalue weighted by atomic mass is 35.5. The molecule has 22 nitrogen and oxygen atoms in total. The first-order valence-electron chi connectivity index (χ1n) is 34.3. The zero-order valence-electron chi connectivity index (χ0n) is 59.7. The molecule has 1 aliphatic heterocycles. The summed E-state index contributed by atoms with van der Waals surface area (Å²) in [5.74, 6) is 0.847. The largest absolute Gasteiger partial charge is 0.497 e. The van der Waals surface area contributed by atoms with Gasteiger partial charge in [0.1, 0.15) is 12.3 Å². The Bertz CT molecular complexity index is 5800. The maximum atomic E-state index is 12.2. The Morgan fingerprint density at radius 2 is 0.781 bits per heavy atom. The number of rotatable bonds is 13. The molecule has 0 amide bonds. The summed E-state index contributed by atoms with van der Waals surface area (Å²) in [4.78, 5) is 57.1. The van der Waals surface area contributed by atoms with Gasteiger partial charge in [-0.25, -0.2) is 15.3 Å². The van der Waals surface area contributed by atoms with E-state index in [1.54, 1.807) is 7.11 Å². The summed E-state index contributed by atoms with van der Waals surface area (Å²) in [6, 6.07) is 51.4. The van der Waals surface area contributed by atoms with E-state index in [4.69, 9.17) is 22.1 Å². The van der Waals surface area contributed by atoms with Crippen LogP contribution in [-0.4, -0.2) is 106 Å². The van der Waals surface area contributed by atoms with Crippen LogP contribution in [0.5, 0.6) is 5.75 Å². The molecule has 7 aromatic carbocycles. The molecule has 8 aromatic heterocycles. The molecule has 5 N–H and O–H groups in total. The van der Waals surface area contributed by atoms with E-state index in [0.29, 0.717) is 33.3 Å². The number of hydrogen-bond donors (Lipinski definition) is 4. The number of halogens is 1. The number of aryl methyl sites for hydroxylation is 9. The molecule has 0 aliphatic carbocycles. The minimum Gasteiger partial charge on any atom is -0.497 e. The number of hydrogen-bond acceptors (Lipinski definition) is 15. The van der Waals surface area contributed by atoms with Gasteiger partial charge in [-0.3, -0.25) is 47.9 Å². The molecule has 0 saturated heterocycles. The Kier molecular flexibility index (Phi) is 20.6. The van der Waals surface area contributed by atoms with Gasteiger partial charge in [-0.2, -0.15) is 35.7 Å². The van der Waals surface area contributed by atoms with Gasteiger partial charge < -0.3 is 10.5 Å². The number of aromatic nitrogens is 15. The molecule has 23 heteroatoms. The number of benzene rings is 7. The lowest BCUT2D eigenvalue weighted by Gasteiger charge is -2.16. The SMILES string of the molecule is CCc1n[nH]c(=O)c2ccc(-c3cnn(C)c3-c3ccc(C)nc3)cc12.CCc1n[nH]c(=O)c2ccc(-c3cnn(C)c3-c3ccc(Cl)cc3)cc12.CCc1n[nH]c(=O)c2ccc(-c3cnn(C)c3-c3ccc(OC)cc3)cc12.Cc1ccc(-c2c(-c3ccc4c(c3)C(CN)=NCC4=O)cnn2C)cc1. The summed E-state index contributed by atoms with van der Waals surface area (Å²) in [5.41, 5.74) is 28.7. The predicted octanol–water partition coefficient (Wildman–Crippen LogP) is 14.0. The van der Waals surface area contributed by atoms with E-state index in [1.807, 2.05) is 239 Å². The molecular weight excluding hydrogens is 1340 g/mol. The van der Waals surface area contributed by atoms with Crippen LogP contribution in [0.1, 0.15) is 65.0 Å². The highest BCUT2D eigenvalue weighted by molar-refractivity contribution is 6.30. The Morgan fingerprint density at radius 3 is 1.16 bits per heavy atom. The second kappa shape index (κ2) is 30.5. The standard InChI is InChI=1S/C21H20N4O2.C21H20N4O.C20H17ClN4O.C20H19N5O/c1-4-19-17-11-14(7-10-16(17)21(26)24-23-19)18-12-22-25(2)20(18)13-5-8-15(27-3)9-6-13;1-13-3-5-14(6-4-13)21-18(11-24-25(21)2)15-7-8-16-17(9-15)19(10-22)23-12-20(16)26;1-3-18-16-10-13(6-9-15(16)20(26)24-23-18)17-11-22-25(2)19(17)12-4-7-14(21)8-5-12;1-4-18-16-9-13(7-8-15(16)20(26)24-23-18)17-11-22-25(3)19(17)14-6-5-12(2)21-10-14/h5-12H,4H2,1-3H3,(H,24,26);3-9,11H,10,12,22H2,1-2H3;4-11H,3H2,1-2H3,(H,24,26);5-11H,4H2,1-3H3,(H,24,26). The lowest BCUT2D eigenvalue weighted by atomic mass is 9.91. The number of ketones is 1. The Labute approximate surface area is 608 Å². The summed E-state index contributed by atoms with van der Waals surface area (Å²) in [6.07, 6.45) is 11.5. The molecule has 0 fully saturated rings. The number of carbonyl (C=O) groups is 1. The van der Waals surface area contributed by atoms with Crippen molar-refractivity contribution in [3.63, 3.8) is 0 Å². The van der Waals surface area contributed by atoms with Gasteiger partial charge in [0, 0.05) is 123 Å². The van der Waals surface area contributed by atoms with Gasteiger partial charge in [0.15, 0.2) is 5.78 Å². The Hall–Kier alpha value is -12.7. The fraction of sp³-hybridized carbons (Fsp3) is 0.183. The molecule has 15 aromatic rings. The molecule has 0 unspecified atom stereocenters. The van der Waals surface area contributed by atoms with Crippen LogP contribution in [0.25, 0.3) is 122 Å². The van der Waals surface area contributed by atoms with E-state index in [0.717, 1.165) is 165 Å². The molecule has 0 bridgehead atoms. The van der Waals surface area contributed by atoms with E-state index in [9.17, 15) is 19.2 Å². The van der Waals surface area contributed by atoms with Crippen molar-refractivity contribution in [1.29, 1.82) is 0 Å². The highest BCUT2D eigenvalue weighted by Crippen LogP contribution is 2.39. The second-order valence-electron chi connectivity index (χ2n) is 25.4. The molecule has 526 valence electrons. The minimum atomic E-state index is -0.173. The molecule has 9 heterocycles. The van der Waals surface area contributed by atoms with Gasteiger partial charge in [-0.15, -0.1) is 0 Å². The first kappa shape index (κ1) is 70.8. The van der Waals surface area contributed by atoms with Gasteiger partial charge >= 0.3 is 0 Å². The second-order valence-corrected chi connectivity index (χ2v) is 25.8. The number of fused-ring (bicyclic) bond motifs is 4.